The van der Waals surface area contributed by atoms with Crippen LogP contribution in [0, 0.1) is 0 Å². The molecule has 0 bridgehead atoms. The van der Waals surface area contributed by atoms with E-state index in [0.29, 0.717) is 42.3 Å². The molecule has 0 saturated heterocycles. The van der Waals surface area contributed by atoms with Crippen molar-refractivity contribution in [1.82, 2.24) is 10.2 Å². The summed E-state index contributed by atoms with van der Waals surface area (Å²) in [5.74, 6) is 1.30. The highest BCUT2D eigenvalue weighted by Gasteiger charge is 2.29. The normalized spacial score (nSPS) is 12.6. The molecule has 0 fully saturated rings. The van der Waals surface area contributed by atoms with Crippen LogP contribution in [0.15, 0.2) is 72.4 Å². The zero-order valence-electron chi connectivity index (χ0n) is 21.7. The Hall–Kier alpha value is -4.26. The predicted octanol–water partition coefficient (Wildman–Crippen LogP) is 4.58. The Kier molecular flexibility index (Phi) is 8.13. The summed E-state index contributed by atoms with van der Waals surface area (Å²) in [7, 11) is 6.68. The number of amides is 2. The number of ether oxygens (including phenoxy) is 3. The Morgan fingerprint density at radius 2 is 1.65 bits per heavy atom. The van der Waals surface area contributed by atoms with Crippen LogP contribution >= 0.6 is 0 Å². The lowest BCUT2D eigenvalue weighted by atomic mass is 9.88. The van der Waals surface area contributed by atoms with Crippen molar-refractivity contribution in [3.8, 4) is 17.2 Å². The van der Waals surface area contributed by atoms with Gasteiger partial charge in [0, 0.05) is 25.6 Å². The van der Waals surface area contributed by atoms with E-state index < -0.39 is 5.91 Å². The van der Waals surface area contributed by atoms with Crippen molar-refractivity contribution in [2.75, 3.05) is 28.4 Å². The number of carbonyl (C=O) groups excluding carboxylic acids is 2. The first kappa shape index (κ1) is 25.8. The minimum absolute atomic E-state index is 0.224. The second-order valence-corrected chi connectivity index (χ2v) is 8.89. The third-order valence-electron chi connectivity index (χ3n) is 6.46. The molecule has 4 rings (SSSR count). The lowest BCUT2D eigenvalue weighted by Gasteiger charge is -2.32. The van der Waals surface area contributed by atoms with Crippen molar-refractivity contribution in [1.29, 1.82) is 0 Å². The molecule has 0 aromatic heterocycles. The first-order valence-corrected chi connectivity index (χ1v) is 12.2. The van der Waals surface area contributed by atoms with E-state index in [2.05, 4.69) is 5.32 Å². The first-order chi connectivity index (χ1) is 17.9. The highest BCUT2D eigenvalue weighted by Crippen LogP contribution is 2.37. The maximum atomic E-state index is 13.5. The number of carbonyl (C=O) groups is 2. The van der Waals surface area contributed by atoms with Gasteiger partial charge < -0.3 is 19.1 Å². The monoisotopic (exact) mass is 500 g/mol. The Bertz CT molecular complexity index is 1320. The fraction of sp³-hybridized carbons (Fsp3) is 0.267. The molecule has 0 unspecified atom stereocenters. The van der Waals surface area contributed by atoms with Gasteiger partial charge in [0.05, 0.1) is 21.3 Å². The average Bonchev–Trinajstić information content (AvgIpc) is 2.92. The van der Waals surface area contributed by atoms with E-state index >= 15 is 0 Å². The van der Waals surface area contributed by atoms with Gasteiger partial charge >= 0.3 is 0 Å². The van der Waals surface area contributed by atoms with E-state index in [-0.39, 0.29) is 12.3 Å². The molecule has 1 aliphatic rings. The van der Waals surface area contributed by atoms with Gasteiger partial charge in [-0.1, -0.05) is 42.5 Å². The maximum Gasteiger partial charge on any atom is 0.274 e. The van der Waals surface area contributed by atoms with Crippen LogP contribution in [0.1, 0.15) is 35.1 Å². The third-order valence-corrected chi connectivity index (χ3v) is 6.46. The number of fused-ring (bicyclic) bond motifs is 1. The smallest absolute Gasteiger partial charge is 0.274 e. The number of imide groups is 1. The minimum Gasteiger partial charge on any atom is -0.497 e. The molecule has 192 valence electrons. The summed E-state index contributed by atoms with van der Waals surface area (Å²) >= 11 is 0. The fourth-order valence-corrected chi connectivity index (χ4v) is 4.63. The largest absolute Gasteiger partial charge is 0.497 e. The Morgan fingerprint density at radius 3 is 2.35 bits per heavy atom. The van der Waals surface area contributed by atoms with Crippen LogP contribution in [-0.4, -0.2) is 45.1 Å². The predicted molar refractivity (Wildman–Crippen MR) is 143 cm³/mol. The highest BCUT2D eigenvalue weighted by molar-refractivity contribution is 6.10. The molecule has 2 amide bonds. The van der Waals surface area contributed by atoms with E-state index in [1.807, 2.05) is 78.7 Å². The molecule has 3 aromatic rings. The highest BCUT2D eigenvalue weighted by atomic mass is 16.5. The SMILES string of the molecule is COc1ccc2c(c1)C(c1ccccc1)=C(C(=O)NC(=O)CCCc1ccc(OC)c(OC)c1)N(C)C2. The molecular weight excluding hydrogens is 468 g/mol. The molecular formula is C30H32N2O5. The summed E-state index contributed by atoms with van der Waals surface area (Å²) in [6.07, 6.45) is 1.49. The van der Waals surface area contributed by atoms with Crippen LogP contribution in [-0.2, 0) is 22.6 Å². The van der Waals surface area contributed by atoms with Crippen molar-refractivity contribution >= 4 is 17.4 Å². The van der Waals surface area contributed by atoms with E-state index in [0.717, 1.165) is 27.8 Å². The van der Waals surface area contributed by atoms with Crippen molar-refractivity contribution in [2.24, 2.45) is 0 Å². The zero-order chi connectivity index (χ0) is 26.4. The van der Waals surface area contributed by atoms with E-state index in [1.54, 1.807) is 21.3 Å². The minimum atomic E-state index is -0.411. The van der Waals surface area contributed by atoms with Crippen molar-refractivity contribution in [3.63, 3.8) is 0 Å². The van der Waals surface area contributed by atoms with Gasteiger partial charge in [0.1, 0.15) is 11.4 Å². The second-order valence-electron chi connectivity index (χ2n) is 8.89. The number of aryl methyl sites for hydroxylation is 1. The molecule has 1 aliphatic heterocycles. The summed E-state index contributed by atoms with van der Waals surface area (Å²) in [6, 6.07) is 21.3. The van der Waals surface area contributed by atoms with Gasteiger partial charge in [-0.2, -0.15) is 0 Å². The quantitative estimate of drug-likeness (QED) is 0.463. The molecule has 0 atom stereocenters. The average molecular weight is 501 g/mol. The van der Waals surface area contributed by atoms with Gasteiger partial charge in [0.25, 0.3) is 5.91 Å². The summed E-state index contributed by atoms with van der Waals surface area (Å²) in [6.45, 7) is 0.548. The van der Waals surface area contributed by atoms with Crippen LogP contribution in [0.25, 0.3) is 5.57 Å². The lowest BCUT2D eigenvalue weighted by molar-refractivity contribution is -0.129. The molecule has 0 spiro atoms. The number of nitrogens with zero attached hydrogens (tertiary/aromatic N) is 1. The number of hydrogen-bond acceptors (Lipinski definition) is 6. The summed E-state index contributed by atoms with van der Waals surface area (Å²) in [5, 5.41) is 2.61. The zero-order valence-corrected chi connectivity index (χ0v) is 21.7. The Balaban J connectivity index is 1.53. The number of rotatable bonds is 9. The summed E-state index contributed by atoms with van der Waals surface area (Å²) < 4.78 is 16.1. The molecule has 37 heavy (non-hydrogen) atoms. The van der Waals surface area contributed by atoms with Crippen molar-refractivity contribution in [3.05, 3.63) is 94.7 Å². The van der Waals surface area contributed by atoms with Gasteiger partial charge in [0.2, 0.25) is 5.91 Å². The van der Waals surface area contributed by atoms with Crippen LogP contribution in [0.3, 0.4) is 0 Å². The van der Waals surface area contributed by atoms with E-state index in [9.17, 15) is 9.59 Å². The topological polar surface area (TPSA) is 77.1 Å². The van der Waals surface area contributed by atoms with Crippen LogP contribution < -0.4 is 19.5 Å². The van der Waals surface area contributed by atoms with Crippen LogP contribution in [0.4, 0.5) is 0 Å². The first-order valence-electron chi connectivity index (χ1n) is 12.2. The van der Waals surface area contributed by atoms with Gasteiger partial charge in [-0.05, 0) is 59.4 Å². The Labute approximate surface area is 217 Å². The number of likely N-dealkylation sites (N-methyl/N-ethyl adjacent to an activating group) is 1. The molecule has 7 heteroatoms. The lowest BCUT2D eigenvalue weighted by Crippen LogP contribution is -2.39. The van der Waals surface area contributed by atoms with Crippen LogP contribution in [0.2, 0.25) is 0 Å². The van der Waals surface area contributed by atoms with E-state index in [1.165, 1.54) is 0 Å². The molecule has 3 aromatic carbocycles. The maximum absolute atomic E-state index is 13.5. The number of benzene rings is 3. The second kappa shape index (κ2) is 11.6. The molecule has 7 nitrogen and oxygen atoms in total. The van der Waals surface area contributed by atoms with Crippen molar-refractivity contribution < 1.29 is 23.8 Å². The fourth-order valence-electron chi connectivity index (χ4n) is 4.63. The van der Waals surface area contributed by atoms with Crippen LogP contribution in [0.5, 0.6) is 17.2 Å². The summed E-state index contributed by atoms with van der Waals surface area (Å²) in [5.41, 5.74) is 5.17. The van der Waals surface area contributed by atoms with Gasteiger partial charge in [-0.3, -0.25) is 14.9 Å². The molecule has 1 heterocycles. The number of hydrogen-bond donors (Lipinski definition) is 1. The molecule has 0 aliphatic carbocycles. The molecule has 0 saturated carbocycles. The Morgan fingerprint density at radius 1 is 0.892 bits per heavy atom. The third kappa shape index (κ3) is 5.77. The standard InChI is InChI=1S/C30H32N2O5/c1-32-19-22-14-15-23(35-2)18-24(22)28(21-10-6-5-7-11-21)29(32)30(34)31-27(33)12-8-9-20-13-16-25(36-3)26(17-20)37-4/h5-7,10-11,13-18H,8-9,12,19H2,1-4H3,(H,31,33,34). The van der Waals surface area contributed by atoms with Gasteiger partial charge in [-0.15, -0.1) is 0 Å². The summed E-state index contributed by atoms with van der Waals surface area (Å²) in [4.78, 5) is 28.1. The number of nitrogens with one attached hydrogen (secondary N) is 1. The molecule has 1 N–H and O–H groups in total. The molecule has 0 radical (unpaired) electrons. The number of methoxy groups -OCH3 is 3. The van der Waals surface area contributed by atoms with Gasteiger partial charge in [0.15, 0.2) is 11.5 Å². The van der Waals surface area contributed by atoms with Gasteiger partial charge in [-0.25, -0.2) is 0 Å². The van der Waals surface area contributed by atoms with Crippen molar-refractivity contribution in [2.45, 2.75) is 25.8 Å². The van der Waals surface area contributed by atoms with E-state index in [4.69, 9.17) is 14.2 Å².